The monoisotopic (exact) mass is 1860 g/mol. The minimum atomic E-state index is -2.51. The highest BCUT2D eigenvalue weighted by atomic mass is 127. The summed E-state index contributed by atoms with van der Waals surface area (Å²) in [6.07, 6.45) is -14.7. The highest BCUT2D eigenvalue weighted by Gasteiger charge is 2.67. The Morgan fingerprint density at radius 2 is 0.574 bits per heavy atom. The van der Waals surface area contributed by atoms with Gasteiger partial charge in [0.15, 0.2) is 0 Å². The number of benzene rings is 1. The zero-order chi connectivity index (χ0) is 76.5. The normalized spacial score (nSPS) is 38.4. The average Bonchev–Trinajstić information content (AvgIpc) is 1.09. The summed E-state index contributed by atoms with van der Waals surface area (Å²) in [5.41, 5.74) is -5.30. The van der Waals surface area contributed by atoms with E-state index in [1.54, 1.807) is 20.8 Å². The number of halogens is 3. The van der Waals surface area contributed by atoms with Crippen LogP contribution in [0.15, 0.2) is 0 Å². The number of nitrogens with one attached hydrogen (secondary N) is 9. The number of aliphatic hydroxyl groups is 3. The summed E-state index contributed by atoms with van der Waals surface area (Å²) in [6, 6.07) is 0. The number of ether oxygens (including phenoxy) is 12. The summed E-state index contributed by atoms with van der Waals surface area (Å²) in [7, 11) is 0. The van der Waals surface area contributed by atoms with Crippen LogP contribution in [0.1, 0.15) is 113 Å². The second kappa shape index (κ2) is 34.5. The minimum Gasteiger partial charge on any atom is -0.436 e. The van der Waals surface area contributed by atoms with Gasteiger partial charge in [-0.05, 0) is 84.5 Å². The van der Waals surface area contributed by atoms with E-state index in [1.807, 2.05) is 0 Å². The summed E-state index contributed by atoms with van der Waals surface area (Å²) >= 11 is 6.43. The Hall–Kier alpha value is -4.08. The number of carbonyl (C=O) groups is 9. The van der Waals surface area contributed by atoms with Gasteiger partial charge in [-0.1, -0.05) is 20.8 Å². The Morgan fingerprint density at radius 1 is 0.343 bits per heavy atom. The molecule has 0 aliphatic carbocycles. The number of hydrogen-bond donors (Lipinski definition) is 12. The molecule has 36 nitrogen and oxygen atoms in total. The van der Waals surface area contributed by atoms with Crippen molar-refractivity contribution >= 4 is 121 Å². The maximum atomic E-state index is 15.8. The number of hydrogen-bond acceptors (Lipinski definition) is 36. The molecule has 0 aromatic heterocycles. The Balaban J connectivity index is 1.03. The van der Waals surface area contributed by atoms with E-state index in [-0.39, 0.29) is 78.5 Å². The number of aliphatic hydroxyl groups excluding tert-OH is 3. The molecule has 0 saturated carbocycles. The number of nitrogens with zero attached hydrogens (tertiary/aromatic N) is 3. The van der Waals surface area contributed by atoms with Gasteiger partial charge < -0.3 is 104 Å². The van der Waals surface area contributed by atoms with Crippen molar-refractivity contribution in [1.82, 2.24) is 62.6 Å². The Bertz CT molecular complexity index is 3190. The third-order valence-electron chi connectivity index (χ3n) is 23.3. The number of fused-ring (bicyclic) bond motifs is 21. The lowest BCUT2D eigenvalue weighted by molar-refractivity contribution is -0.336. The molecular formula is C69H99I3N12O24. The fourth-order valence-corrected chi connectivity index (χ4v) is 23.9. The van der Waals surface area contributed by atoms with Crippen molar-refractivity contribution in [2.75, 3.05) is 157 Å². The smallest absolute Gasteiger partial charge is 0.373 e. The molecular weight excluding hydrogens is 1760 g/mol. The quantitative estimate of drug-likeness (QED) is 0.0755. The Morgan fingerprint density at radius 3 is 0.843 bits per heavy atom. The van der Waals surface area contributed by atoms with Crippen LogP contribution in [0.5, 0.6) is 0 Å². The summed E-state index contributed by atoms with van der Waals surface area (Å²) in [5.74, 6) is -23.5. The predicted molar refractivity (Wildman–Crippen MR) is 396 cm³/mol. The zero-order valence-electron chi connectivity index (χ0n) is 60.7. The van der Waals surface area contributed by atoms with Crippen molar-refractivity contribution in [2.24, 2.45) is 17.8 Å². The van der Waals surface area contributed by atoms with E-state index in [1.165, 1.54) is 14.7 Å². The van der Waals surface area contributed by atoms with Gasteiger partial charge in [-0.3, -0.25) is 59.1 Å². The number of rotatable bonds is 6. The molecule has 0 amide bonds. The zero-order valence-corrected chi connectivity index (χ0v) is 67.1. The molecule has 39 heteroatoms. The van der Waals surface area contributed by atoms with E-state index in [0.29, 0.717) is 86.3 Å². The maximum Gasteiger partial charge on any atom is 0.373 e. The van der Waals surface area contributed by atoms with Crippen molar-refractivity contribution in [3.05, 3.63) is 27.4 Å². The molecule has 1 aromatic rings. The van der Waals surface area contributed by atoms with Crippen LogP contribution in [0.2, 0.25) is 0 Å². The highest BCUT2D eigenvalue weighted by molar-refractivity contribution is 14.1. The lowest BCUT2D eigenvalue weighted by Crippen LogP contribution is -2.70. The first-order valence-electron chi connectivity index (χ1n) is 37.5. The summed E-state index contributed by atoms with van der Waals surface area (Å²) in [6.45, 7) is 8.02. The van der Waals surface area contributed by atoms with Crippen LogP contribution in [0.4, 0.5) is 0 Å². The molecule has 12 N–H and O–H groups in total. The molecule has 12 heterocycles. The van der Waals surface area contributed by atoms with Crippen LogP contribution in [0, 0.1) is 28.5 Å². The van der Waals surface area contributed by atoms with Gasteiger partial charge >= 0.3 is 71.5 Å². The van der Waals surface area contributed by atoms with E-state index in [4.69, 9.17) is 56.8 Å². The van der Waals surface area contributed by atoms with Crippen LogP contribution in [0.25, 0.3) is 0 Å². The van der Waals surface area contributed by atoms with Gasteiger partial charge in [-0.25, -0.2) is 14.7 Å². The van der Waals surface area contributed by atoms with Gasteiger partial charge in [0.2, 0.25) is 18.7 Å². The van der Waals surface area contributed by atoms with Crippen LogP contribution in [-0.2, 0) is 100.0 Å². The maximum absolute atomic E-state index is 15.8. The molecule has 18 unspecified atom stereocenters. The molecule has 18 atom stereocenters. The van der Waals surface area contributed by atoms with Gasteiger partial charge in [0.25, 0.3) is 0 Å². The largest absolute Gasteiger partial charge is 0.436 e. The van der Waals surface area contributed by atoms with Gasteiger partial charge in [-0.2, -0.15) is 0 Å². The van der Waals surface area contributed by atoms with Gasteiger partial charge in [-0.15, -0.1) is 0 Å². The SMILES string of the molecule is CC(c1c(I)c(C(C)C23CC(=O)OC45OC(=O)CC2CC(=O)OC4NCCNCCNCCN5CC(O)CO3)c(I)c(C(C)C23CC(=O)OC45OC(=O)CC2CC(=O)OC4NCCNCCNCCN5CC(O)CO3)c1I)C12CC(=O)OC34OC(=O)CC1CC(=O)OC3NCCNCCNCCN4CC(O)CO2. The van der Waals surface area contributed by atoms with E-state index >= 15 is 43.2 Å². The first-order valence-corrected chi connectivity index (χ1v) is 40.7. The molecule has 9 bridgehead atoms. The molecule has 12 aliphatic heterocycles. The van der Waals surface area contributed by atoms with Crippen LogP contribution in [-0.4, -0.2) is 313 Å². The fourth-order valence-electron chi connectivity index (χ4n) is 17.9. The van der Waals surface area contributed by atoms with E-state index in [9.17, 15) is 15.3 Å². The van der Waals surface area contributed by atoms with Gasteiger partial charge in [0, 0.05) is 184 Å². The highest BCUT2D eigenvalue weighted by Crippen LogP contribution is 2.58. The molecule has 13 rings (SSSR count). The van der Waals surface area contributed by atoms with Crippen LogP contribution >= 0.6 is 67.8 Å². The molecule has 12 aliphatic rings. The van der Waals surface area contributed by atoms with Crippen molar-refractivity contribution in [2.45, 2.75) is 168 Å². The van der Waals surface area contributed by atoms with Crippen LogP contribution < -0.4 is 47.9 Å². The van der Waals surface area contributed by atoms with Crippen LogP contribution in [0.3, 0.4) is 0 Å². The lowest BCUT2D eigenvalue weighted by atomic mass is 9.65. The molecule has 108 heavy (non-hydrogen) atoms. The Labute approximate surface area is 665 Å². The van der Waals surface area contributed by atoms with E-state index in [0.717, 1.165) is 0 Å². The van der Waals surface area contributed by atoms with E-state index in [2.05, 4.69) is 116 Å². The fraction of sp³-hybridized carbons (Fsp3) is 0.783. The lowest BCUT2D eigenvalue weighted by Gasteiger charge is -2.50. The standard InChI is InChI=1S/C69H99I3N12O24/c1-37(64-28-52(94)106-67-61(100-46(88)22-40(64)25-49(91)103-67)79-13-10-73-4-7-76-16-19-82(67)31-43(85)34-97-64)55-58(70)56(38(2)65-29-53(95)107-68-62(101-47(89)23-41(65)26-50(92)104-68)80-14-11-74-5-8-77-17-20-83(68)32-44(86)35-98-65)60(72)57(59(55)71)39(3)66-30-54(96)108-69-63(102-48(90)24-42(66)27-51(93)105-69)81-15-12-75-6-9-78-18-21-84(69)33-45(87)36-99-66/h37-45,61-63,73-81,85-87H,4-36H2,1-3H3. The van der Waals surface area contributed by atoms with Crippen molar-refractivity contribution in [3.8, 4) is 0 Å². The predicted octanol–water partition coefficient (Wildman–Crippen LogP) is -3.28. The second-order valence-electron chi connectivity index (χ2n) is 30.0. The minimum absolute atomic E-state index is 0.00509. The third-order valence-corrected chi connectivity index (χ3v) is 26.8. The van der Waals surface area contributed by atoms with Crippen molar-refractivity contribution < 1.29 is 115 Å². The first kappa shape index (κ1) is 81.9. The van der Waals surface area contributed by atoms with E-state index < -0.39 is 238 Å². The van der Waals surface area contributed by atoms with Crippen molar-refractivity contribution in [3.63, 3.8) is 0 Å². The van der Waals surface area contributed by atoms with Crippen molar-refractivity contribution in [1.29, 1.82) is 0 Å². The Kier molecular flexibility index (Phi) is 26.2. The number of carbonyl (C=O) groups excluding carboxylic acids is 9. The van der Waals surface area contributed by atoms with Gasteiger partial charge in [0.1, 0.15) is 0 Å². The molecule has 600 valence electrons. The molecule has 3 spiro atoms. The second-order valence-corrected chi connectivity index (χ2v) is 33.2. The number of esters is 9. The molecule has 12 saturated heterocycles. The molecule has 1 aromatic carbocycles. The summed E-state index contributed by atoms with van der Waals surface area (Å²) in [5, 5.41) is 66.9. The third kappa shape index (κ3) is 16.5. The summed E-state index contributed by atoms with van der Waals surface area (Å²) < 4.78 is 81.0. The average molecular weight is 1860 g/mol. The van der Waals surface area contributed by atoms with Gasteiger partial charge in [0.05, 0.1) is 113 Å². The topological polar surface area (TPSA) is 443 Å². The molecule has 12 fully saturated rings. The first-order chi connectivity index (χ1) is 51.7. The summed E-state index contributed by atoms with van der Waals surface area (Å²) in [4.78, 5) is 143. The molecule has 0 radical (unpaired) electrons.